The number of aromatic nitrogens is 1. The van der Waals surface area contributed by atoms with Crippen LogP contribution < -0.4 is 0 Å². The van der Waals surface area contributed by atoms with E-state index in [0.717, 1.165) is 24.0 Å². The predicted molar refractivity (Wildman–Crippen MR) is 81.9 cm³/mol. The number of ketones is 1. The summed E-state index contributed by atoms with van der Waals surface area (Å²) in [6.45, 7) is 4.38. The first-order valence-electron chi connectivity index (χ1n) is 7.16. The Morgan fingerprint density at radius 2 is 1.85 bits per heavy atom. The van der Waals surface area contributed by atoms with Crippen molar-refractivity contribution in [3.05, 3.63) is 65.5 Å². The molecule has 0 aliphatic heterocycles. The molecule has 20 heavy (non-hydrogen) atoms. The molecule has 0 atom stereocenters. The Balaban J connectivity index is 1.98. The minimum absolute atomic E-state index is 0.215. The minimum atomic E-state index is 0.215. The number of hydrogen-bond donors (Lipinski definition) is 0. The van der Waals surface area contributed by atoms with Crippen LogP contribution in [0.5, 0.6) is 0 Å². The minimum Gasteiger partial charge on any atom is -0.294 e. The van der Waals surface area contributed by atoms with Gasteiger partial charge in [0.2, 0.25) is 0 Å². The molecule has 2 aromatic rings. The second-order valence-corrected chi connectivity index (χ2v) is 5.58. The van der Waals surface area contributed by atoms with E-state index >= 15 is 0 Å². The molecular weight excluding hydrogens is 246 g/mol. The largest absolute Gasteiger partial charge is 0.294 e. The van der Waals surface area contributed by atoms with Gasteiger partial charge >= 0.3 is 0 Å². The normalized spacial score (nSPS) is 10.8. The van der Waals surface area contributed by atoms with E-state index in [9.17, 15) is 4.79 Å². The summed E-state index contributed by atoms with van der Waals surface area (Å²) >= 11 is 0. The number of pyridine rings is 1. The maximum Gasteiger partial charge on any atom is 0.163 e. The van der Waals surface area contributed by atoms with Gasteiger partial charge in [-0.1, -0.05) is 32.0 Å². The Morgan fingerprint density at radius 3 is 2.55 bits per heavy atom. The molecule has 1 aromatic carbocycles. The Bertz CT molecular complexity index is 561. The number of aryl methyl sites for hydroxylation is 1. The van der Waals surface area contributed by atoms with Crippen LogP contribution in [0.1, 0.15) is 41.8 Å². The summed E-state index contributed by atoms with van der Waals surface area (Å²) in [7, 11) is 0. The van der Waals surface area contributed by atoms with Gasteiger partial charge < -0.3 is 0 Å². The number of benzene rings is 1. The summed E-state index contributed by atoms with van der Waals surface area (Å²) in [5, 5.41) is 0. The number of carbonyl (C=O) groups is 1. The first-order chi connectivity index (χ1) is 9.65. The lowest BCUT2D eigenvalue weighted by atomic mass is 9.98. The molecule has 0 bridgehead atoms. The molecule has 0 N–H and O–H groups in total. The van der Waals surface area contributed by atoms with Crippen LogP contribution in [-0.2, 0) is 12.8 Å². The molecule has 2 heteroatoms. The quantitative estimate of drug-likeness (QED) is 0.738. The molecule has 0 radical (unpaired) electrons. The van der Waals surface area contributed by atoms with Crippen molar-refractivity contribution >= 4 is 5.78 Å². The fourth-order valence-corrected chi connectivity index (χ4v) is 2.29. The number of carbonyl (C=O) groups excluding carboxylic acids is 1. The fourth-order valence-electron chi connectivity index (χ4n) is 2.29. The third kappa shape index (κ3) is 4.30. The van der Waals surface area contributed by atoms with E-state index < -0.39 is 0 Å². The molecule has 1 heterocycles. The van der Waals surface area contributed by atoms with Gasteiger partial charge in [0.1, 0.15) is 0 Å². The highest BCUT2D eigenvalue weighted by atomic mass is 16.1. The highest BCUT2D eigenvalue weighted by Gasteiger charge is 2.07. The predicted octanol–water partition coefficient (Wildman–Crippen LogP) is 4.10. The van der Waals surface area contributed by atoms with Crippen LogP contribution in [0, 0.1) is 5.92 Å². The molecule has 0 aliphatic carbocycles. The zero-order chi connectivity index (χ0) is 14.4. The highest BCUT2D eigenvalue weighted by Crippen LogP contribution is 2.13. The lowest BCUT2D eigenvalue weighted by Crippen LogP contribution is -2.03. The average Bonchev–Trinajstić information content (AvgIpc) is 2.45. The zero-order valence-corrected chi connectivity index (χ0v) is 12.2. The summed E-state index contributed by atoms with van der Waals surface area (Å²) in [4.78, 5) is 16.2. The van der Waals surface area contributed by atoms with E-state index in [4.69, 9.17) is 0 Å². The van der Waals surface area contributed by atoms with Crippen LogP contribution in [0.25, 0.3) is 0 Å². The molecule has 0 saturated carbocycles. The summed E-state index contributed by atoms with van der Waals surface area (Å²) in [5.41, 5.74) is 3.23. The summed E-state index contributed by atoms with van der Waals surface area (Å²) in [5.74, 6) is 0.824. The van der Waals surface area contributed by atoms with Crippen molar-refractivity contribution in [3.63, 3.8) is 0 Å². The van der Waals surface area contributed by atoms with Crippen molar-refractivity contribution in [3.8, 4) is 0 Å². The van der Waals surface area contributed by atoms with Gasteiger partial charge in [-0.3, -0.25) is 9.78 Å². The van der Waals surface area contributed by atoms with Crippen molar-refractivity contribution < 1.29 is 4.79 Å². The van der Waals surface area contributed by atoms with Crippen LogP contribution in [0.15, 0.2) is 48.8 Å². The van der Waals surface area contributed by atoms with Gasteiger partial charge in [-0.05, 0) is 48.1 Å². The van der Waals surface area contributed by atoms with E-state index in [1.165, 1.54) is 5.56 Å². The molecular formula is C18H21NO. The van der Waals surface area contributed by atoms with Crippen molar-refractivity contribution in [2.24, 2.45) is 5.92 Å². The van der Waals surface area contributed by atoms with Crippen LogP contribution in [0.3, 0.4) is 0 Å². The molecule has 104 valence electrons. The second-order valence-electron chi connectivity index (χ2n) is 5.58. The number of Topliss-reactive ketones (excluding diaryl/α,β-unsaturated/α-hetero) is 1. The van der Waals surface area contributed by atoms with Crippen LogP contribution >= 0.6 is 0 Å². The number of hydrogen-bond acceptors (Lipinski definition) is 2. The molecule has 2 rings (SSSR count). The summed E-state index contributed by atoms with van der Waals surface area (Å²) in [6.07, 6.45) is 5.88. The van der Waals surface area contributed by atoms with Crippen molar-refractivity contribution in [1.82, 2.24) is 4.98 Å². The number of rotatable bonds is 6. The van der Waals surface area contributed by atoms with Crippen LogP contribution in [0.4, 0.5) is 0 Å². The third-order valence-electron chi connectivity index (χ3n) is 3.28. The number of nitrogens with zero attached hydrogens (tertiary/aromatic N) is 1. The lowest BCUT2D eigenvalue weighted by molar-refractivity contribution is 0.0982. The zero-order valence-electron chi connectivity index (χ0n) is 12.2. The summed E-state index contributed by atoms with van der Waals surface area (Å²) < 4.78 is 0. The van der Waals surface area contributed by atoms with E-state index in [1.54, 1.807) is 12.4 Å². The van der Waals surface area contributed by atoms with Gasteiger partial charge in [-0.2, -0.15) is 0 Å². The maximum absolute atomic E-state index is 12.2. The Morgan fingerprint density at radius 1 is 1.10 bits per heavy atom. The molecule has 0 unspecified atom stereocenters. The van der Waals surface area contributed by atoms with Crippen molar-refractivity contribution in [2.75, 3.05) is 0 Å². The van der Waals surface area contributed by atoms with Crippen LogP contribution in [-0.4, -0.2) is 10.8 Å². The van der Waals surface area contributed by atoms with E-state index in [-0.39, 0.29) is 5.78 Å². The molecule has 2 nitrogen and oxygen atoms in total. The third-order valence-corrected chi connectivity index (χ3v) is 3.28. The lowest BCUT2D eigenvalue weighted by Gasteiger charge is -2.07. The molecule has 0 aliphatic rings. The van der Waals surface area contributed by atoms with Gasteiger partial charge in [-0.15, -0.1) is 0 Å². The van der Waals surface area contributed by atoms with E-state index in [2.05, 4.69) is 24.9 Å². The highest BCUT2D eigenvalue weighted by molar-refractivity contribution is 5.96. The molecule has 0 spiro atoms. The SMILES string of the molecule is CC(C)Cc1cccc(C(=O)CCc2ccncc2)c1. The molecule has 0 fully saturated rings. The Labute approximate surface area is 120 Å². The van der Waals surface area contributed by atoms with Gasteiger partial charge in [0, 0.05) is 24.4 Å². The molecule has 1 aromatic heterocycles. The molecule has 0 amide bonds. The smallest absolute Gasteiger partial charge is 0.163 e. The molecule has 0 saturated heterocycles. The van der Waals surface area contributed by atoms with Crippen LogP contribution in [0.2, 0.25) is 0 Å². The maximum atomic E-state index is 12.2. The van der Waals surface area contributed by atoms with Gasteiger partial charge in [0.25, 0.3) is 0 Å². The van der Waals surface area contributed by atoms with E-state index in [1.807, 2.05) is 30.3 Å². The average molecular weight is 267 g/mol. The van der Waals surface area contributed by atoms with Gasteiger partial charge in [-0.25, -0.2) is 0 Å². The first-order valence-corrected chi connectivity index (χ1v) is 7.16. The van der Waals surface area contributed by atoms with Crippen molar-refractivity contribution in [1.29, 1.82) is 0 Å². The van der Waals surface area contributed by atoms with E-state index in [0.29, 0.717) is 12.3 Å². The Hall–Kier alpha value is -1.96. The topological polar surface area (TPSA) is 30.0 Å². The van der Waals surface area contributed by atoms with Gasteiger partial charge in [0.15, 0.2) is 5.78 Å². The van der Waals surface area contributed by atoms with Gasteiger partial charge in [0.05, 0.1) is 0 Å². The standard InChI is InChI=1S/C18H21NO/c1-14(2)12-16-4-3-5-17(13-16)18(20)7-6-15-8-10-19-11-9-15/h3-5,8-11,13-14H,6-7,12H2,1-2H3. The Kier molecular flexibility index (Phi) is 5.05. The first kappa shape index (κ1) is 14.4. The monoisotopic (exact) mass is 267 g/mol. The van der Waals surface area contributed by atoms with Crippen molar-refractivity contribution in [2.45, 2.75) is 33.1 Å². The second kappa shape index (κ2) is 6.99. The summed E-state index contributed by atoms with van der Waals surface area (Å²) in [6, 6.07) is 12.0. The fraction of sp³-hybridized carbons (Fsp3) is 0.333.